The van der Waals surface area contributed by atoms with Crippen LogP contribution in [0.3, 0.4) is 0 Å². The zero-order valence-corrected chi connectivity index (χ0v) is 19.4. The van der Waals surface area contributed by atoms with E-state index in [9.17, 15) is 13.2 Å². The van der Waals surface area contributed by atoms with Crippen LogP contribution in [-0.4, -0.2) is 26.6 Å². The predicted octanol–water partition coefficient (Wildman–Crippen LogP) is 4.69. The Balaban J connectivity index is 2.36. The molecule has 0 heterocycles. The minimum absolute atomic E-state index is 0.253. The van der Waals surface area contributed by atoms with E-state index in [1.54, 1.807) is 31.2 Å². The van der Waals surface area contributed by atoms with Crippen LogP contribution in [0.2, 0.25) is 5.02 Å². The molecule has 0 unspecified atom stereocenters. The molecule has 0 aromatic heterocycles. The van der Waals surface area contributed by atoms with E-state index in [0.29, 0.717) is 17.1 Å². The van der Waals surface area contributed by atoms with Crippen LogP contribution in [0.5, 0.6) is 0 Å². The molecule has 2 rings (SSSR count). The van der Waals surface area contributed by atoms with Crippen molar-refractivity contribution in [3.05, 3.63) is 63.7 Å². The first-order valence-electron chi connectivity index (χ1n) is 9.58. The van der Waals surface area contributed by atoms with E-state index in [1.807, 2.05) is 20.8 Å². The molecule has 5 nitrogen and oxygen atoms in total. The molecule has 0 aliphatic heterocycles. The van der Waals surface area contributed by atoms with Crippen molar-refractivity contribution >= 4 is 33.2 Å². The zero-order chi connectivity index (χ0) is 21.9. The Kier molecular flexibility index (Phi) is 7.35. The van der Waals surface area contributed by atoms with Crippen LogP contribution < -0.4 is 9.62 Å². The molecule has 0 fully saturated rings. The van der Waals surface area contributed by atoms with E-state index in [1.165, 1.54) is 5.56 Å². The summed E-state index contributed by atoms with van der Waals surface area (Å²) in [5.41, 5.74) is 4.82. The molecule has 2 atom stereocenters. The Hall–Kier alpha value is -2.05. The number of carbonyl (C=O) groups excluding carboxylic acids is 1. The van der Waals surface area contributed by atoms with Gasteiger partial charge in [-0.2, -0.15) is 0 Å². The summed E-state index contributed by atoms with van der Waals surface area (Å²) < 4.78 is 26.2. The third-order valence-corrected chi connectivity index (χ3v) is 6.52. The van der Waals surface area contributed by atoms with Gasteiger partial charge in [-0.05, 0) is 74.6 Å². The lowest BCUT2D eigenvalue weighted by Gasteiger charge is -2.31. The lowest BCUT2D eigenvalue weighted by Crippen LogP contribution is -2.49. The van der Waals surface area contributed by atoms with Crippen molar-refractivity contribution in [2.24, 2.45) is 0 Å². The molecule has 29 heavy (non-hydrogen) atoms. The molecule has 7 heteroatoms. The Morgan fingerprint density at radius 3 is 2.28 bits per heavy atom. The lowest BCUT2D eigenvalue weighted by atomic mass is 9.96. The number of hydrogen-bond acceptors (Lipinski definition) is 3. The molecule has 0 spiro atoms. The van der Waals surface area contributed by atoms with Gasteiger partial charge in [-0.15, -0.1) is 0 Å². The highest BCUT2D eigenvalue weighted by molar-refractivity contribution is 7.92. The maximum Gasteiger partial charge on any atom is 0.244 e. The van der Waals surface area contributed by atoms with Crippen molar-refractivity contribution in [3.8, 4) is 0 Å². The lowest BCUT2D eigenvalue weighted by molar-refractivity contribution is -0.122. The van der Waals surface area contributed by atoms with Crippen molar-refractivity contribution in [3.63, 3.8) is 0 Å². The van der Waals surface area contributed by atoms with Gasteiger partial charge in [0.1, 0.15) is 6.04 Å². The molecule has 2 aromatic rings. The predicted molar refractivity (Wildman–Crippen MR) is 120 cm³/mol. The van der Waals surface area contributed by atoms with E-state index in [4.69, 9.17) is 11.6 Å². The zero-order valence-electron chi connectivity index (χ0n) is 17.8. The molecule has 1 amide bonds. The summed E-state index contributed by atoms with van der Waals surface area (Å²) >= 11 is 6.05. The van der Waals surface area contributed by atoms with Gasteiger partial charge >= 0.3 is 0 Å². The number of nitrogens with one attached hydrogen (secondary N) is 1. The quantitative estimate of drug-likeness (QED) is 0.684. The molecule has 0 bridgehead atoms. The highest BCUT2D eigenvalue weighted by Gasteiger charge is 2.32. The third kappa shape index (κ3) is 5.52. The maximum atomic E-state index is 13.1. The van der Waals surface area contributed by atoms with E-state index < -0.39 is 16.1 Å². The second kappa shape index (κ2) is 9.18. The van der Waals surface area contributed by atoms with Crippen LogP contribution in [0.1, 0.15) is 48.6 Å². The second-order valence-corrected chi connectivity index (χ2v) is 9.78. The minimum Gasteiger partial charge on any atom is -0.348 e. The number of nitrogens with zero attached hydrogens (tertiary/aromatic N) is 1. The highest BCUT2D eigenvalue weighted by atomic mass is 35.5. The molecular weight excluding hydrogens is 408 g/mol. The second-order valence-electron chi connectivity index (χ2n) is 7.49. The Morgan fingerprint density at radius 2 is 1.72 bits per heavy atom. The van der Waals surface area contributed by atoms with Crippen LogP contribution in [0.15, 0.2) is 36.4 Å². The fraction of sp³-hybridized carbons (Fsp3) is 0.409. The van der Waals surface area contributed by atoms with Crippen molar-refractivity contribution < 1.29 is 13.2 Å². The SMILES string of the molecule is CC[C@@H](C(=O)N[C@@H](C)c1cc(C)c(C)cc1C)N(c1cccc(Cl)c1)S(C)(=O)=O. The van der Waals surface area contributed by atoms with E-state index in [-0.39, 0.29) is 11.9 Å². The minimum atomic E-state index is -3.70. The molecule has 0 saturated heterocycles. The molecular formula is C22H29ClN2O3S. The molecule has 0 saturated carbocycles. The van der Waals surface area contributed by atoms with Gasteiger partial charge in [0.05, 0.1) is 18.0 Å². The first kappa shape index (κ1) is 23.2. The van der Waals surface area contributed by atoms with Gasteiger partial charge < -0.3 is 5.32 Å². The number of rotatable bonds is 7. The Labute approximate surface area is 179 Å². The number of benzene rings is 2. The molecule has 2 aromatic carbocycles. The summed E-state index contributed by atoms with van der Waals surface area (Å²) in [6, 6.07) is 9.56. The number of amides is 1. The summed E-state index contributed by atoms with van der Waals surface area (Å²) in [5.74, 6) is -0.344. The van der Waals surface area contributed by atoms with Gasteiger partial charge in [-0.1, -0.05) is 36.7 Å². The number of anilines is 1. The number of sulfonamides is 1. The van der Waals surface area contributed by atoms with Crippen LogP contribution in [0.25, 0.3) is 0 Å². The Morgan fingerprint density at radius 1 is 1.10 bits per heavy atom. The number of aryl methyl sites for hydroxylation is 3. The molecule has 1 N–H and O–H groups in total. The number of halogens is 1. The van der Waals surface area contributed by atoms with E-state index in [0.717, 1.165) is 27.3 Å². The molecule has 0 aliphatic rings. The van der Waals surface area contributed by atoms with Crippen LogP contribution >= 0.6 is 11.6 Å². The first-order chi connectivity index (χ1) is 13.5. The van der Waals surface area contributed by atoms with Crippen molar-refractivity contribution in [1.29, 1.82) is 0 Å². The van der Waals surface area contributed by atoms with E-state index in [2.05, 4.69) is 24.4 Å². The van der Waals surface area contributed by atoms with E-state index >= 15 is 0 Å². The van der Waals surface area contributed by atoms with Gasteiger partial charge in [0.2, 0.25) is 15.9 Å². The van der Waals surface area contributed by atoms with Crippen molar-refractivity contribution in [2.75, 3.05) is 10.6 Å². The highest BCUT2D eigenvalue weighted by Crippen LogP contribution is 2.27. The van der Waals surface area contributed by atoms with Crippen LogP contribution in [0.4, 0.5) is 5.69 Å². The average Bonchev–Trinajstić information content (AvgIpc) is 2.61. The molecule has 158 valence electrons. The standard InChI is InChI=1S/C22H29ClN2O3S/c1-7-21(25(29(6,27)28)19-10-8-9-18(23)13-19)22(26)24-17(5)20-12-15(3)14(2)11-16(20)4/h8-13,17,21H,7H2,1-6H3,(H,24,26)/t17-,21-/m0/s1. The fourth-order valence-electron chi connectivity index (χ4n) is 3.51. The third-order valence-electron chi connectivity index (χ3n) is 5.10. The molecule has 0 aliphatic carbocycles. The normalized spacial score (nSPS) is 13.6. The summed E-state index contributed by atoms with van der Waals surface area (Å²) in [6.45, 7) is 9.80. The van der Waals surface area contributed by atoms with Crippen LogP contribution in [0, 0.1) is 20.8 Å². The average molecular weight is 437 g/mol. The monoisotopic (exact) mass is 436 g/mol. The van der Waals surface area contributed by atoms with Crippen molar-refractivity contribution in [2.45, 2.75) is 53.1 Å². The smallest absolute Gasteiger partial charge is 0.244 e. The summed E-state index contributed by atoms with van der Waals surface area (Å²) in [7, 11) is -3.70. The number of hydrogen-bond donors (Lipinski definition) is 1. The number of carbonyl (C=O) groups is 1. The van der Waals surface area contributed by atoms with Gasteiger partial charge in [0.25, 0.3) is 0 Å². The summed E-state index contributed by atoms with van der Waals surface area (Å²) in [6.07, 6.45) is 1.42. The van der Waals surface area contributed by atoms with Gasteiger partial charge in [0.15, 0.2) is 0 Å². The summed E-state index contributed by atoms with van der Waals surface area (Å²) in [5, 5.41) is 3.40. The summed E-state index contributed by atoms with van der Waals surface area (Å²) in [4.78, 5) is 13.1. The van der Waals surface area contributed by atoms with Crippen LogP contribution in [-0.2, 0) is 14.8 Å². The molecule has 0 radical (unpaired) electrons. The largest absolute Gasteiger partial charge is 0.348 e. The van der Waals surface area contributed by atoms with Crippen molar-refractivity contribution in [1.82, 2.24) is 5.32 Å². The van der Waals surface area contributed by atoms with Gasteiger partial charge in [-0.3, -0.25) is 9.10 Å². The fourth-order valence-corrected chi connectivity index (χ4v) is 4.90. The van der Waals surface area contributed by atoms with Gasteiger partial charge in [-0.25, -0.2) is 8.42 Å². The Bertz CT molecular complexity index is 1010. The topological polar surface area (TPSA) is 66.5 Å². The first-order valence-corrected chi connectivity index (χ1v) is 11.8. The maximum absolute atomic E-state index is 13.1. The van der Waals surface area contributed by atoms with Gasteiger partial charge in [0, 0.05) is 5.02 Å².